The van der Waals surface area contributed by atoms with Crippen molar-refractivity contribution in [3.8, 4) is 0 Å². The fourth-order valence-electron chi connectivity index (χ4n) is 6.66. The minimum absolute atomic E-state index is 0.0159. The maximum Gasteiger partial charge on any atom is 0.247 e. The first-order valence-electron chi connectivity index (χ1n) is 19.7. The third-order valence-corrected chi connectivity index (χ3v) is 9.82. The van der Waals surface area contributed by atoms with E-state index in [0.29, 0.717) is 31.3 Å². The molecule has 5 N–H and O–H groups in total. The van der Waals surface area contributed by atoms with Crippen molar-refractivity contribution in [2.45, 2.75) is 129 Å². The van der Waals surface area contributed by atoms with Gasteiger partial charge in [0.25, 0.3) is 0 Å². The Kier molecular flexibility index (Phi) is 18.9. The maximum atomic E-state index is 13.2. The third kappa shape index (κ3) is 16.1. The Labute approximate surface area is 330 Å². The summed E-state index contributed by atoms with van der Waals surface area (Å²) in [4.78, 5) is 15.4. The second kappa shape index (κ2) is 22.5. The van der Waals surface area contributed by atoms with Crippen molar-refractivity contribution in [3.63, 3.8) is 0 Å². The SMILES string of the molecule is CC1=C/C=C\C=C/[C@@](C)(O)C(OC2OCC(OC3C[C@@H](N(C)C)CC(C)O3)[C@H](O)C2N)/C=C/C=C/C(C)=C\C=C\C(C)=C/[C@H](C)CNC(=O)/C(CC(C)C)=C\1. The summed E-state index contributed by atoms with van der Waals surface area (Å²) < 4.78 is 24.6. The molecule has 3 heterocycles. The van der Waals surface area contributed by atoms with Gasteiger partial charge < -0.3 is 45.1 Å². The molecule has 0 spiro atoms. The number of aliphatic hydroxyl groups excluding tert-OH is 1. The lowest BCUT2D eigenvalue weighted by Gasteiger charge is -2.43. The fourth-order valence-corrected chi connectivity index (χ4v) is 6.66. The molecular formula is C45H69N3O7. The molecule has 2 fully saturated rings. The van der Waals surface area contributed by atoms with Crippen molar-refractivity contribution < 1.29 is 34.0 Å². The molecule has 306 valence electrons. The molecule has 3 aliphatic heterocycles. The second-order valence-corrected chi connectivity index (χ2v) is 16.2. The van der Waals surface area contributed by atoms with E-state index in [1.807, 2.05) is 103 Å². The second-order valence-electron chi connectivity index (χ2n) is 16.2. The van der Waals surface area contributed by atoms with Gasteiger partial charge in [-0.15, -0.1) is 0 Å². The first-order valence-corrected chi connectivity index (χ1v) is 19.7. The average Bonchev–Trinajstić information content (AvgIpc) is 3.10. The molecule has 0 aromatic heterocycles. The largest absolute Gasteiger partial charge is 0.388 e. The van der Waals surface area contributed by atoms with Crippen LogP contribution in [0.25, 0.3) is 0 Å². The van der Waals surface area contributed by atoms with E-state index in [1.54, 1.807) is 25.2 Å². The van der Waals surface area contributed by atoms with Gasteiger partial charge in [0.1, 0.15) is 23.9 Å². The van der Waals surface area contributed by atoms with E-state index in [0.717, 1.165) is 28.7 Å². The normalized spacial score (nSPS) is 40.5. The summed E-state index contributed by atoms with van der Waals surface area (Å²) in [6, 6.07) is -0.651. The standard InChI is InChI=1S/C45H69N3O7/c1-30(2)23-36-25-33(5)18-12-11-15-22-45(8,51)39(21-14-13-17-31(3)19-16-20-32(4)24-34(6)28-47-43(36)50)55-44-41(46)42(49)38(29-52-44)54-40-27-37(48(9)10)26-35(7)53-40/h11-22,24-25,30,34-35,37-42,44,49,51H,23,26-29,46H2,1-10H3,(H,47,50)/b12-11-,17-13+,20-16+,21-14+,22-15-,31-19-,32-24-,33-18-,36-25-/t34-,35?,37-,38?,39?,40?,41?,42-,44?,45+/m0/s1. The van der Waals surface area contributed by atoms with Crippen LogP contribution in [0, 0.1) is 11.8 Å². The molecule has 2 saturated heterocycles. The van der Waals surface area contributed by atoms with Gasteiger partial charge in [-0.05, 0) is 73.4 Å². The molecule has 0 aromatic rings. The number of nitrogens with two attached hydrogens (primary N) is 1. The highest BCUT2D eigenvalue weighted by molar-refractivity contribution is 5.93. The lowest BCUT2D eigenvalue weighted by molar-refractivity contribution is -0.293. The molecule has 6 unspecified atom stereocenters. The van der Waals surface area contributed by atoms with Crippen LogP contribution in [-0.4, -0.2) is 103 Å². The van der Waals surface area contributed by atoms with Gasteiger partial charge >= 0.3 is 0 Å². The van der Waals surface area contributed by atoms with Gasteiger partial charge in [-0.2, -0.15) is 0 Å². The molecular weight excluding hydrogens is 695 g/mol. The lowest BCUT2D eigenvalue weighted by atomic mass is 9.96. The number of hydrogen-bond donors (Lipinski definition) is 4. The molecule has 3 aliphatic rings. The molecule has 55 heavy (non-hydrogen) atoms. The quantitative estimate of drug-likeness (QED) is 0.234. The zero-order chi connectivity index (χ0) is 40.7. The van der Waals surface area contributed by atoms with Gasteiger partial charge in [-0.25, -0.2) is 0 Å². The zero-order valence-corrected chi connectivity index (χ0v) is 34.9. The van der Waals surface area contributed by atoms with Crippen molar-refractivity contribution in [3.05, 3.63) is 107 Å². The molecule has 1 amide bonds. The number of nitrogens with zero attached hydrogens (tertiary/aromatic N) is 1. The number of ether oxygens (including phenoxy) is 4. The Hall–Kier alpha value is -3.19. The Balaban J connectivity index is 1.86. The summed E-state index contributed by atoms with van der Waals surface area (Å²) in [5.74, 6) is 0.425. The number of carbonyl (C=O) groups is 1. The van der Waals surface area contributed by atoms with Crippen molar-refractivity contribution in [2.24, 2.45) is 17.6 Å². The predicted molar refractivity (Wildman–Crippen MR) is 222 cm³/mol. The van der Waals surface area contributed by atoms with Gasteiger partial charge in [0.15, 0.2) is 12.6 Å². The van der Waals surface area contributed by atoms with E-state index in [9.17, 15) is 15.0 Å². The van der Waals surface area contributed by atoms with Crippen molar-refractivity contribution in [1.82, 2.24) is 10.2 Å². The molecule has 10 heteroatoms. The first-order chi connectivity index (χ1) is 25.9. The van der Waals surface area contributed by atoms with Crippen LogP contribution in [0.4, 0.5) is 0 Å². The summed E-state index contributed by atoms with van der Waals surface area (Å²) >= 11 is 0. The van der Waals surface area contributed by atoms with Crippen LogP contribution in [-0.2, 0) is 23.7 Å². The molecule has 0 aliphatic carbocycles. The minimum Gasteiger partial charge on any atom is -0.388 e. The molecule has 0 radical (unpaired) electrons. The highest BCUT2D eigenvalue weighted by Gasteiger charge is 2.43. The third-order valence-electron chi connectivity index (χ3n) is 9.82. The lowest BCUT2D eigenvalue weighted by Crippen LogP contribution is -2.61. The topological polar surface area (TPSA) is 136 Å². The van der Waals surface area contributed by atoms with Gasteiger partial charge in [0.2, 0.25) is 5.91 Å². The van der Waals surface area contributed by atoms with Crippen LogP contribution in [0.2, 0.25) is 0 Å². The van der Waals surface area contributed by atoms with Crippen molar-refractivity contribution >= 4 is 5.91 Å². The summed E-state index contributed by atoms with van der Waals surface area (Å²) in [6.45, 7) is 16.6. The first kappa shape index (κ1) is 46.2. The Morgan fingerprint density at radius 1 is 0.982 bits per heavy atom. The molecule has 0 aromatic carbocycles. The number of carbonyl (C=O) groups excluding carboxylic acids is 1. The van der Waals surface area contributed by atoms with Gasteiger partial charge in [0, 0.05) is 24.6 Å². The molecule has 10 nitrogen and oxygen atoms in total. The number of aliphatic hydroxyl groups is 2. The smallest absolute Gasteiger partial charge is 0.247 e. The van der Waals surface area contributed by atoms with Crippen LogP contribution in [0.15, 0.2) is 107 Å². The van der Waals surface area contributed by atoms with Gasteiger partial charge in [-0.1, -0.05) is 123 Å². The summed E-state index contributed by atoms with van der Waals surface area (Å²) in [7, 11) is 4.08. The number of amides is 1. The van der Waals surface area contributed by atoms with E-state index in [2.05, 4.69) is 37.1 Å². The average molecular weight is 764 g/mol. The van der Waals surface area contributed by atoms with Crippen LogP contribution in [0.5, 0.6) is 0 Å². The summed E-state index contributed by atoms with van der Waals surface area (Å²) in [5.41, 5.74) is 8.81. The van der Waals surface area contributed by atoms with Gasteiger partial charge in [0.05, 0.1) is 18.8 Å². The zero-order valence-electron chi connectivity index (χ0n) is 34.9. The van der Waals surface area contributed by atoms with Crippen LogP contribution >= 0.6 is 0 Å². The van der Waals surface area contributed by atoms with Crippen LogP contribution in [0.1, 0.15) is 74.7 Å². The Bertz CT molecular complexity index is 1520. The Morgan fingerprint density at radius 3 is 2.40 bits per heavy atom. The Morgan fingerprint density at radius 2 is 1.69 bits per heavy atom. The predicted octanol–water partition coefficient (Wildman–Crippen LogP) is 6.37. The summed E-state index contributed by atoms with van der Waals surface area (Å²) in [6.07, 6.45) is 24.6. The number of hydrogen-bond acceptors (Lipinski definition) is 9. The van der Waals surface area contributed by atoms with E-state index >= 15 is 0 Å². The highest BCUT2D eigenvalue weighted by Crippen LogP contribution is 2.29. The fraction of sp³-hybridized carbons (Fsp3) is 0.578. The minimum atomic E-state index is -1.49. The number of rotatable bonds is 7. The highest BCUT2D eigenvalue weighted by atomic mass is 16.7. The maximum absolute atomic E-state index is 13.2. The molecule has 0 saturated carbocycles. The van der Waals surface area contributed by atoms with Crippen molar-refractivity contribution in [2.75, 3.05) is 27.2 Å². The summed E-state index contributed by atoms with van der Waals surface area (Å²) in [5, 5.41) is 26.1. The van der Waals surface area contributed by atoms with Crippen LogP contribution < -0.4 is 11.1 Å². The van der Waals surface area contributed by atoms with E-state index in [1.165, 1.54) is 0 Å². The van der Waals surface area contributed by atoms with Crippen molar-refractivity contribution in [1.29, 1.82) is 0 Å². The van der Waals surface area contributed by atoms with E-state index in [-0.39, 0.29) is 24.5 Å². The van der Waals surface area contributed by atoms with Crippen LogP contribution in [0.3, 0.4) is 0 Å². The number of nitrogens with one attached hydrogen (secondary N) is 1. The van der Waals surface area contributed by atoms with E-state index in [4.69, 9.17) is 24.7 Å². The monoisotopic (exact) mass is 764 g/mol. The number of allylic oxidation sites excluding steroid dienone is 14. The molecule has 3 rings (SSSR count). The molecule has 0 bridgehead atoms. The molecule has 10 atom stereocenters. The van der Waals surface area contributed by atoms with Gasteiger partial charge in [-0.3, -0.25) is 4.79 Å². The van der Waals surface area contributed by atoms with E-state index < -0.39 is 42.5 Å².